The Morgan fingerprint density at radius 2 is 2.31 bits per heavy atom. The van der Waals surface area contributed by atoms with Gasteiger partial charge in [-0.15, -0.1) is 11.6 Å². The Bertz CT molecular complexity index is 424. The van der Waals surface area contributed by atoms with E-state index in [2.05, 4.69) is 0 Å². The maximum absolute atomic E-state index is 11.5. The summed E-state index contributed by atoms with van der Waals surface area (Å²) in [6, 6.07) is 5.66. The van der Waals surface area contributed by atoms with Gasteiger partial charge in [-0.3, -0.25) is 4.79 Å². The summed E-state index contributed by atoms with van der Waals surface area (Å²) >= 11 is 5.58. The Labute approximate surface area is 99.9 Å². The van der Waals surface area contributed by atoms with Crippen LogP contribution in [0.25, 0.3) is 6.08 Å². The van der Waals surface area contributed by atoms with Gasteiger partial charge in [-0.05, 0) is 24.1 Å². The number of alkyl halides is 1. The van der Waals surface area contributed by atoms with Crippen molar-refractivity contribution in [3.8, 4) is 5.75 Å². The minimum Gasteiger partial charge on any atom is -0.492 e. The van der Waals surface area contributed by atoms with Gasteiger partial charge in [0.25, 0.3) is 0 Å². The van der Waals surface area contributed by atoms with Crippen molar-refractivity contribution in [2.75, 3.05) is 12.5 Å². The Morgan fingerprint density at radius 1 is 1.44 bits per heavy atom. The quantitative estimate of drug-likeness (QED) is 0.753. The molecule has 84 valence electrons. The second-order valence-corrected chi connectivity index (χ2v) is 4.04. The molecule has 0 saturated carbocycles. The molecule has 2 rings (SSSR count). The number of ether oxygens (including phenoxy) is 1. The Morgan fingerprint density at radius 3 is 3.12 bits per heavy atom. The largest absolute Gasteiger partial charge is 0.492 e. The van der Waals surface area contributed by atoms with Crippen LogP contribution in [0.3, 0.4) is 0 Å². The summed E-state index contributed by atoms with van der Waals surface area (Å²) in [4.78, 5) is 11.5. The van der Waals surface area contributed by atoms with E-state index in [1.54, 1.807) is 0 Å². The lowest BCUT2D eigenvalue weighted by molar-refractivity contribution is 0.0933. The number of carbonyl (C=O) groups excluding carboxylic acids is 1. The maximum atomic E-state index is 11.5. The molecule has 0 bridgehead atoms. The van der Waals surface area contributed by atoms with Crippen molar-refractivity contribution >= 4 is 23.5 Å². The SMILES string of the molecule is O=C1CCOc2cc(C=CCCCl)ccc21. The topological polar surface area (TPSA) is 26.3 Å². The van der Waals surface area contributed by atoms with Crippen LogP contribution in [-0.2, 0) is 0 Å². The molecule has 0 aliphatic carbocycles. The third kappa shape index (κ3) is 2.45. The molecule has 0 unspecified atom stereocenters. The van der Waals surface area contributed by atoms with Crippen LogP contribution >= 0.6 is 11.6 Å². The van der Waals surface area contributed by atoms with Gasteiger partial charge < -0.3 is 4.74 Å². The van der Waals surface area contributed by atoms with E-state index >= 15 is 0 Å². The number of hydrogen-bond acceptors (Lipinski definition) is 2. The number of carbonyl (C=O) groups is 1. The van der Waals surface area contributed by atoms with Gasteiger partial charge in [0.15, 0.2) is 5.78 Å². The normalized spacial score (nSPS) is 14.9. The molecule has 0 saturated heterocycles. The van der Waals surface area contributed by atoms with Crippen LogP contribution < -0.4 is 4.74 Å². The van der Waals surface area contributed by atoms with E-state index in [-0.39, 0.29) is 5.78 Å². The number of ketones is 1. The molecule has 0 amide bonds. The molecule has 1 aliphatic heterocycles. The molecular weight excluding hydrogens is 224 g/mol. The van der Waals surface area contributed by atoms with Crippen molar-refractivity contribution in [3.05, 3.63) is 35.4 Å². The molecule has 0 fully saturated rings. The molecule has 2 nitrogen and oxygen atoms in total. The Kier molecular flexibility index (Phi) is 3.62. The van der Waals surface area contributed by atoms with Crippen LogP contribution in [0.4, 0.5) is 0 Å². The fourth-order valence-corrected chi connectivity index (χ4v) is 1.79. The second kappa shape index (κ2) is 5.17. The third-order valence-corrected chi connectivity index (χ3v) is 2.70. The molecule has 0 N–H and O–H groups in total. The smallest absolute Gasteiger partial charge is 0.169 e. The van der Waals surface area contributed by atoms with E-state index < -0.39 is 0 Å². The minimum atomic E-state index is 0.164. The van der Waals surface area contributed by atoms with Gasteiger partial charge in [-0.1, -0.05) is 18.2 Å². The molecular formula is C13H13ClO2. The van der Waals surface area contributed by atoms with Gasteiger partial charge in [0.2, 0.25) is 0 Å². The summed E-state index contributed by atoms with van der Waals surface area (Å²) < 4.78 is 5.46. The van der Waals surface area contributed by atoms with Crippen molar-refractivity contribution in [2.24, 2.45) is 0 Å². The summed E-state index contributed by atoms with van der Waals surface area (Å²) in [6.07, 6.45) is 5.33. The van der Waals surface area contributed by atoms with Gasteiger partial charge in [-0.2, -0.15) is 0 Å². The molecule has 0 aromatic heterocycles. The van der Waals surface area contributed by atoms with Crippen LogP contribution in [0.15, 0.2) is 24.3 Å². The van der Waals surface area contributed by atoms with Crippen LogP contribution in [0.2, 0.25) is 0 Å². The Hall–Kier alpha value is -1.28. The summed E-state index contributed by atoms with van der Waals surface area (Å²) in [5.74, 6) is 1.48. The second-order valence-electron chi connectivity index (χ2n) is 3.66. The number of Topliss-reactive ketones (excluding diaryl/α,β-unsaturated/α-hetero) is 1. The highest BCUT2D eigenvalue weighted by Crippen LogP contribution is 2.26. The van der Waals surface area contributed by atoms with E-state index in [4.69, 9.17) is 16.3 Å². The first-order chi connectivity index (χ1) is 7.81. The zero-order chi connectivity index (χ0) is 11.4. The summed E-state index contributed by atoms with van der Waals surface area (Å²) in [6.45, 7) is 0.487. The highest BCUT2D eigenvalue weighted by atomic mass is 35.5. The first-order valence-electron chi connectivity index (χ1n) is 5.34. The van der Waals surface area contributed by atoms with E-state index in [0.29, 0.717) is 30.2 Å². The van der Waals surface area contributed by atoms with Crippen LogP contribution in [0, 0.1) is 0 Å². The summed E-state index contributed by atoms with van der Waals surface area (Å²) in [5.41, 5.74) is 1.74. The molecule has 1 heterocycles. The fraction of sp³-hybridized carbons (Fsp3) is 0.308. The monoisotopic (exact) mass is 236 g/mol. The number of allylic oxidation sites excluding steroid dienone is 1. The number of benzene rings is 1. The van der Waals surface area contributed by atoms with Crippen molar-refractivity contribution in [1.82, 2.24) is 0 Å². The highest BCUT2D eigenvalue weighted by Gasteiger charge is 2.17. The van der Waals surface area contributed by atoms with Crippen molar-refractivity contribution in [3.63, 3.8) is 0 Å². The predicted octanol–water partition coefficient (Wildman–Crippen LogP) is 3.29. The molecule has 0 atom stereocenters. The van der Waals surface area contributed by atoms with Crippen LogP contribution in [-0.4, -0.2) is 18.3 Å². The first-order valence-corrected chi connectivity index (χ1v) is 5.87. The first kappa shape index (κ1) is 11.2. The van der Waals surface area contributed by atoms with E-state index in [0.717, 1.165) is 12.0 Å². The predicted molar refractivity (Wildman–Crippen MR) is 65.3 cm³/mol. The zero-order valence-corrected chi connectivity index (χ0v) is 9.67. The number of halogens is 1. The van der Waals surface area contributed by atoms with E-state index in [1.165, 1.54) is 0 Å². The molecule has 3 heteroatoms. The van der Waals surface area contributed by atoms with Crippen molar-refractivity contribution < 1.29 is 9.53 Å². The molecule has 16 heavy (non-hydrogen) atoms. The van der Waals surface area contributed by atoms with Gasteiger partial charge >= 0.3 is 0 Å². The molecule has 0 spiro atoms. The molecule has 1 aromatic carbocycles. The maximum Gasteiger partial charge on any atom is 0.169 e. The standard InChI is InChI=1S/C13H13ClO2/c14-7-2-1-3-10-4-5-11-12(15)6-8-16-13(11)9-10/h1,3-5,9H,2,6-8H2. The van der Waals surface area contributed by atoms with E-state index in [1.807, 2.05) is 30.4 Å². The summed E-state index contributed by atoms with van der Waals surface area (Å²) in [5, 5.41) is 0. The average molecular weight is 237 g/mol. The van der Waals surface area contributed by atoms with Crippen molar-refractivity contribution in [2.45, 2.75) is 12.8 Å². The lowest BCUT2D eigenvalue weighted by Gasteiger charge is -2.16. The number of hydrogen-bond donors (Lipinski definition) is 0. The lowest BCUT2D eigenvalue weighted by Crippen LogP contribution is -2.15. The van der Waals surface area contributed by atoms with E-state index in [9.17, 15) is 4.79 Å². The van der Waals surface area contributed by atoms with Gasteiger partial charge in [0.05, 0.1) is 12.2 Å². The summed E-state index contributed by atoms with van der Waals surface area (Å²) in [7, 11) is 0. The van der Waals surface area contributed by atoms with Gasteiger partial charge in [0, 0.05) is 12.3 Å². The molecule has 0 radical (unpaired) electrons. The fourth-order valence-electron chi connectivity index (χ4n) is 1.66. The van der Waals surface area contributed by atoms with Crippen LogP contribution in [0.5, 0.6) is 5.75 Å². The van der Waals surface area contributed by atoms with Crippen LogP contribution in [0.1, 0.15) is 28.8 Å². The van der Waals surface area contributed by atoms with Gasteiger partial charge in [0.1, 0.15) is 5.75 Å². The zero-order valence-electron chi connectivity index (χ0n) is 8.91. The minimum absolute atomic E-state index is 0.164. The highest BCUT2D eigenvalue weighted by molar-refractivity contribution is 6.17. The molecule has 1 aliphatic rings. The average Bonchev–Trinajstić information content (AvgIpc) is 2.30. The number of rotatable bonds is 3. The third-order valence-electron chi connectivity index (χ3n) is 2.48. The lowest BCUT2D eigenvalue weighted by atomic mass is 10.0. The van der Waals surface area contributed by atoms with Gasteiger partial charge in [-0.25, -0.2) is 0 Å². The molecule has 1 aromatic rings. The number of fused-ring (bicyclic) bond motifs is 1. The Balaban J connectivity index is 2.22. The van der Waals surface area contributed by atoms with Crippen molar-refractivity contribution in [1.29, 1.82) is 0 Å².